The van der Waals surface area contributed by atoms with Gasteiger partial charge in [0.1, 0.15) is 11.6 Å². The van der Waals surface area contributed by atoms with Gasteiger partial charge in [0.25, 0.3) is 0 Å². The molecule has 2 rings (SSSR count). The molecule has 0 amide bonds. The normalized spacial score (nSPS) is 10.2. The number of aryl methyl sites for hydroxylation is 1. The van der Waals surface area contributed by atoms with E-state index in [1.165, 1.54) is 0 Å². The van der Waals surface area contributed by atoms with E-state index in [1.54, 1.807) is 12.4 Å². The van der Waals surface area contributed by atoms with Gasteiger partial charge in [-0.15, -0.1) is 0 Å². The summed E-state index contributed by atoms with van der Waals surface area (Å²) in [6.07, 6.45) is 7.24. The van der Waals surface area contributed by atoms with Crippen molar-refractivity contribution < 1.29 is 0 Å². The maximum Gasteiger partial charge on any atom is 0.149 e. The fourth-order valence-corrected chi connectivity index (χ4v) is 1.46. The lowest BCUT2D eigenvalue weighted by Gasteiger charge is -2.06. The fourth-order valence-electron chi connectivity index (χ4n) is 1.46. The molecule has 0 aliphatic carbocycles. The zero-order valence-corrected chi connectivity index (χ0v) is 8.98. The number of hydrogen-bond acceptors (Lipinski definition) is 4. The van der Waals surface area contributed by atoms with Gasteiger partial charge in [-0.1, -0.05) is 0 Å². The molecule has 0 saturated carbocycles. The van der Waals surface area contributed by atoms with E-state index in [0.717, 1.165) is 31.0 Å². The van der Waals surface area contributed by atoms with Gasteiger partial charge in [-0.05, 0) is 18.6 Å². The maximum absolute atomic E-state index is 5.75. The Labute approximate surface area is 94.1 Å². The van der Waals surface area contributed by atoms with Crippen molar-refractivity contribution in [1.29, 1.82) is 0 Å². The van der Waals surface area contributed by atoms with E-state index >= 15 is 0 Å². The zero-order chi connectivity index (χ0) is 11.2. The third-order valence-corrected chi connectivity index (χ3v) is 2.28. The highest BCUT2D eigenvalue weighted by atomic mass is 15.0. The number of hydrogen-bond donors (Lipinski definition) is 3. The summed E-state index contributed by atoms with van der Waals surface area (Å²) in [4.78, 5) is 11.4. The van der Waals surface area contributed by atoms with Crippen molar-refractivity contribution >= 4 is 11.5 Å². The van der Waals surface area contributed by atoms with Crippen molar-refractivity contribution in [1.82, 2.24) is 15.0 Å². The van der Waals surface area contributed by atoms with Gasteiger partial charge in [0.15, 0.2) is 0 Å². The molecule has 0 unspecified atom stereocenters. The van der Waals surface area contributed by atoms with Crippen LogP contribution in [-0.4, -0.2) is 21.5 Å². The van der Waals surface area contributed by atoms with Crippen molar-refractivity contribution in [3.8, 4) is 0 Å². The summed E-state index contributed by atoms with van der Waals surface area (Å²) in [7, 11) is 0. The lowest BCUT2D eigenvalue weighted by molar-refractivity contribution is 0.814. The molecule has 2 heterocycles. The molecule has 0 radical (unpaired) electrons. The number of imidazole rings is 1. The van der Waals surface area contributed by atoms with Crippen LogP contribution in [0.4, 0.5) is 11.5 Å². The highest BCUT2D eigenvalue weighted by molar-refractivity contribution is 5.60. The van der Waals surface area contributed by atoms with Crippen LogP contribution in [0.2, 0.25) is 0 Å². The molecule has 0 atom stereocenters. The third-order valence-electron chi connectivity index (χ3n) is 2.28. The second-order valence-corrected chi connectivity index (χ2v) is 3.51. The SMILES string of the molecule is Nc1cccnc1NCCCc1ncc[nH]1. The molecular formula is C11H15N5. The van der Waals surface area contributed by atoms with Crippen LogP contribution in [0.15, 0.2) is 30.7 Å². The first kappa shape index (κ1) is 10.5. The van der Waals surface area contributed by atoms with Crippen LogP contribution in [-0.2, 0) is 6.42 Å². The summed E-state index contributed by atoms with van der Waals surface area (Å²) in [6, 6.07) is 3.66. The Hall–Kier alpha value is -2.04. The Balaban J connectivity index is 1.74. The Morgan fingerprint density at radius 3 is 3.00 bits per heavy atom. The highest BCUT2D eigenvalue weighted by Crippen LogP contribution is 2.12. The molecule has 0 spiro atoms. The number of nitrogen functional groups attached to an aromatic ring is 1. The summed E-state index contributed by atoms with van der Waals surface area (Å²) in [5.41, 5.74) is 6.43. The van der Waals surface area contributed by atoms with Crippen LogP contribution < -0.4 is 11.1 Å². The van der Waals surface area contributed by atoms with Gasteiger partial charge in [-0.2, -0.15) is 0 Å². The summed E-state index contributed by atoms with van der Waals surface area (Å²) < 4.78 is 0. The number of aromatic nitrogens is 3. The molecule has 0 aliphatic rings. The van der Waals surface area contributed by atoms with E-state index in [4.69, 9.17) is 5.73 Å². The van der Waals surface area contributed by atoms with Crippen molar-refractivity contribution in [2.24, 2.45) is 0 Å². The molecule has 16 heavy (non-hydrogen) atoms. The molecule has 0 bridgehead atoms. The highest BCUT2D eigenvalue weighted by Gasteiger charge is 1.98. The summed E-state index contributed by atoms with van der Waals surface area (Å²) >= 11 is 0. The number of anilines is 2. The predicted octanol–water partition coefficient (Wildman–Crippen LogP) is 1.43. The number of H-pyrrole nitrogens is 1. The number of nitrogens with zero attached hydrogens (tertiary/aromatic N) is 2. The summed E-state index contributed by atoms with van der Waals surface area (Å²) in [5.74, 6) is 1.76. The lowest BCUT2D eigenvalue weighted by Crippen LogP contribution is -2.07. The average molecular weight is 217 g/mol. The Morgan fingerprint density at radius 2 is 2.25 bits per heavy atom. The van der Waals surface area contributed by atoms with Crippen LogP contribution in [0.25, 0.3) is 0 Å². The van der Waals surface area contributed by atoms with E-state index in [1.807, 2.05) is 18.3 Å². The van der Waals surface area contributed by atoms with Gasteiger partial charge in [-0.3, -0.25) is 0 Å². The monoisotopic (exact) mass is 217 g/mol. The maximum atomic E-state index is 5.75. The molecule has 2 aromatic heterocycles. The fraction of sp³-hybridized carbons (Fsp3) is 0.273. The van der Waals surface area contributed by atoms with Crippen molar-refractivity contribution in [2.45, 2.75) is 12.8 Å². The van der Waals surface area contributed by atoms with Gasteiger partial charge >= 0.3 is 0 Å². The minimum Gasteiger partial charge on any atom is -0.396 e. The Kier molecular flexibility index (Phi) is 3.38. The van der Waals surface area contributed by atoms with Crippen LogP contribution in [0, 0.1) is 0 Å². The molecule has 0 aromatic carbocycles. The van der Waals surface area contributed by atoms with Gasteiger partial charge in [0.05, 0.1) is 5.69 Å². The Bertz CT molecular complexity index is 424. The van der Waals surface area contributed by atoms with E-state index < -0.39 is 0 Å². The zero-order valence-electron chi connectivity index (χ0n) is 8.98. The number of nitrogens with two attached hydrogens (primary N) is 1. The second kappa shape index (κ2) is 5.16. The standard InChI is InChI=1S/C11H15N5/c12-9-3-1-5-15-11(9)16-6-2-4-10-13-7-8-14-10/h1,3,5,7-8H,2,4,6,12H2,(H,13,14)(H,15,16). The topological polar surface area (TPSA) is 79.6 Å². The first-order valence-corrected chi connectivity index (χ1v) is 5.29. The van der Waals surface area contributed by atoms with Crippen molar-refractivity contribution in [2.75, 3.05) is 17.6 Å². The molecule has 5 heteroatoms. The minimum atomic E-state index is 0.681. The molecule has 0 fully saturated rings. The van der Waals surface area contributed by atoms with Crippen molar-refractivity contribution in [3.05, 3.63) is 36.5 Å². The molecule has 0 saturated heterocycles. The van der Waals surface area contributed by atoms with Gasteiger partial charge in [-0.25, -0.2) is 9.97 Å². The number of aromatic amines is 1. The van der Waals surface area contributed by atoms with Crippen LogP contribution in [0.5, 0.6) is 0 Å². The molecule has 2 aromatic rings. The number of nitrogens with one attached hydrogen (secondary N) is 2. The first-order valence-electron chi connectivity index (χ1n) is 5.29. The van der Waals surface area contributed by atoms with E-state index in [0.29, 0.717) is 5.69 Å². The van der Waals surface area contributed by atoms with E-state index in [9.17, 15) is 0 Å². The van der Waals surface area contributed by atoms with Gasteiger partial charge in [0, 0.05) is 31.6 Å². The molecular weight excluding hydrogens is 202 g/mol. The number of rotatable bonds is 5. The molecule has 4 N–H and O–H groups in total. The third kappa shape index (κ3) is 2.73. The quantitative estimate of drug-likeness (QED) is 0.662. The van der Waals surface area contributed by atoms with Crippen LogP contribution in [0.3, 0.4) is 0 Å². The average Bonchev–Trinajstić information content (AvgIpc) is 2.79. The van der Waals surface area contributed by atoms with E-state index in [-0.39, 0.29) is 0 Å². The predicted molar refractivity (Wildman–Crippen MR) is 64.0 cm³/mol. The Morgan fingerprint density at radius 1 is 1.31 bits per heavy atom. The second-order valence-electron chi connectivity index (χ2n) is 3.51. The molecule has 84 valence electrons. The molecule has 5 nitrogen and oxygen atoms in total. The largest absolute Gasteiger partial charge is 0.396 e. The van der Waals surface area contributed by atoms with Crippen LogP contribution in [0.1, 0.15) is 12.2 Å². The summed E-state index contributed by atoms with van der Waals surface area (Å²) in [5, 5.41) is 3.20. The first-order chi connectivity index (χ1) is 7.86. The van der Waals surface area contributed by atoms with E-state index in [2.05, 4.69) is 20.3 Å². The van der Waals surface area contributed by atoms with Gasteiger partial charge in [0.2, 0.25) is 0 Å². The lowest BCUT2D eigenvalue weighted by atomic mass is 10.3. The summed E-state index contributed by atoms with van der Waals surface area (Å²) in [6.45, 7) is 0.835. The van der Waals surface area contributed by atoms with Crippen molar-refractivity contribution in [3.63, 3.8) is 0 Å². The smallest absolute Gasteiger partial charge is 0.149 e. The molecule has 0 aliphatic heterocycles. The number of pyridine rings is 1. The van der Waals surface area contributed by atoms with Crippen LogP contribution >= 0.6 is 0 Å². The minimum absolute atomic E-state index is 0.681. The van der Waals surface area contributed by atoms with Gasteiger partial charge < -0.3 is 16.0 Å².